The molecular formula is C11H22N4O. The summed E-state index contributed by atoms with van der Waals surface area (Å²) >= 11 is 0. The van der Waals surface area contributed by atoms with Gasteiger partial charge < -0.3 is 15.8 Å². The van der Waals surface area contributed by atoms with E-state index >= 15 is 0 Å². The minimum atomic E-state index is 0.332. The second-order valence-corrected chi connectivity index (χ2v) is 3.98. The molecule has 92 valence electrons. The summed E-state index contributed by atoms with van der Waals surface area (Å²) in [5.41, 5.74) is 6.85. The monoisotopic (exact) mass is 226 g/mol. The van der Waals surface area contributed by atoms with Gasteiger partial charge in [-0.2, -0.15) is 5.10 Å². The molecule has 1 rings (SSSR count). The maximum Gasteiger partial charge on any atom is 0.145 e. The number of nitrogens with two attached hydrogens (primary N) is 1. The molecule has 0 amide bonds. The quantitative estimate of drug-likeness (QED) is 0.697. The normalized spacial score (nSPS) is 12.7. The molecule has 0 spiro atoms. The van der Waals surface area contributed by atoms with Gasteiger partial charge in [0.15, 0.2) is 0 Å². The van der Waals surface area contributed by atoms with Crippen LogP contribution >= 0.6 is 0 Å². The first-order chi connectivity index (χ1) is 7.70. The van der Waals surface area contributed by atoms with E-state index in [0.29, 0.717) is 11.9 Å². The fraction of sp³-hybridized carbons (Fsp3) is 0.727. The van der Waals surface area contributed by atoms with E-state index < -0.39 is 0 Å². The highest BCUT2D eigenvalue weighted by Gasteiger charge is 2.11. The fourth-order valence-corrected chi connectivity index (χ4v) is 1.72. The van der Waals surface area contributed by atoms with Crippen molar-refractivity contribution in [1.29, 1.82) is 0 Å². The van der Waals surface area contributed by atoms with Crippen molar-refractivity contribution in [3.05, 3.63) is 6.20 Å². The van der Waals surface area contributed by atoms with Gasteiger partial charge in [-0.3, -0.25) is 0 Å². The standard InChI is InChI=1S/C11H22N4O/c1-9(6-4-5-7-16-3)15-11(12)10(13-2)8-14-15/h8-9,13H,4-7,12H2,1-3H3. The second kappa shape index (κ2) is 6.37. The van der Waals surface area contributed by atoms with Crippen LogP contribution < -0.4 is 11.1 Å². The molecule has 0 radical (unpaired) electrons. The lowest BCUT2D eigenvalue weighted by atomic mass is 10.1. The van der Waals surface area contributed by atoms with Crippen LogP contribution in [0.2, 0.25) is 0 Å². The third-order valence-corrected chi connectivity index (χ3v) is 2.74. The molecule has 1 aromatic rings. The maximum absolute atomic E-state index is 5.96. The van der Waals surface area contributed by atoms with Crippen LogP contribution in [0.15, 0.2) is 6.20 Å². The van der Waals surface area contributed by atoms with Gasteiger partial charge in [0.05, 0.1) is 17.9 Å². The van der Waals surface area contributed by atoms with Crippen LogP contribution in [0.1, 0.15) is 32.2 Å². The molecule has 5 heteroatoms. The number of nitrogen functional groups attached to an aromatic ring is 1. The Hall–Kier alpha value is -1.23. The van der Waals surface area contributed by atoms with Crippen molar-refractivity contribution in [3.63, 3.8) is 0 Å². The molecule has 5 nitrogen and oxygen atoms in total. The van der Waals surface area contributed by atoms with E-state index in [4.69, 9.17) is 10.5 Å². The zero-order chi connectivity index (χ0) is 12.0. The lowest BCUT2D eigenvalue weighted by molar-refractivity contribution is 0.190. The third-order valence-electron chi connectivity index (χ3n) is 2.74. The molecule has 1 aromatic heterocycles. The highest BCUT2D eigenvalue weighted by molar-refractivity contribution is 5.60. The number of nitrogens with one attached hydrogen (secondary N) is 1. The molecule has 16 heavy (non-hydrogen) atoms. The fourth-order valence-electron chi connectivity index (χ4n) is 1.72. The molecular weight excluding hydrogens is 204 g/mol. The molecule has 3 N–H and O–H groups in total. The van der Waals surface area contributed by atoms with Crippen LogP contribution in [0.3, 0.4) is 0 Å². The Morgan fingerprint density at radius 3 is 2.88 bits per heavy atom. The second-order valence-electron chi connectivity index (χ2n) is 3.98. The molecule has 0 aliphatic rings. The van der Waals surface area contributed by atoms with Gasteiger partial charge in [0, 0.05) is 20.8 Å². The number of ether oxygens (including phenoxy) is 1. The zero-order valence-electron chi connectivity index (χ0n) is 10.4. The van der Waals surface area contributed by atoms with E-state index in [2.05, 4.69) is 17.3 Å². The first-order valence-electron chi connectivity index (χ1n) is 5.70. The highest BCUT2D eigenvalue weighted by atomic mass is 16.5. The number of nitrogens with zero attached hydrogens (tertiary/aromatic N) is 2. The Bertz CT molecular complexity index is 311. The molecule has 1 heterocycles. The molecule has 0 aromatic carbocycles. The Labute approximate surface area is 97.0 Å². The molecule has 0 fully saturated rings. The summed E-state index contributed by atoms with van der Waals surface area (Å²) in [5, 5.41) is 7.30. The summed E-state index contributed by atoms with van der Waals surface area (Å²) in [6.45, 7) is 2.96. The molecule has 0 saturated carbocycles. The SMILES string of the molecule is CNc1cnn(C(C)CCCCOC)c1N. The van der Waals surface area contributed by atoms with Crippen molar-refractivity contribution in [1.82, 2.24) is 9.78 Å². The topological polar surface area (TPSA) is 65.1 Å². The van der Waals surface area contributed by atoms with E-state index in [1.807, 2.05) is 11.7 Å². The van der Waals surface area contributed by atoms with Gasteiger partial charge in [0.1, 0.15) is 5.82 Å². The molecule has 0 saturated heterocycles. The Morgan fingerprint density at radius 1 is 1.56 bits per heavy atom. The van der Waals surface area contributed by atoms with Crippen molar-refractivity contribution >= 4 is 11.5 Å². The van der Waals surface area contributed by atoms with Crippen LogP contribution in [0, 0.1) is 0 Å². The predicted octanol–water partition coefficient (Wildman–Crippen LogP) is 1.88. The van der Waals surface area contributed by atoms with Gasteiger partial charge in [-0.25, -0.2) is 4.68 Å². The maximum atomic E-state index is 5.96. The van der Waals surface area contributed by atoms with Crippen molar-refractivity contribution in [2.75, 3.05) is 31.8 Å². The summed E-state index contributed by atoms with van der Waals surface area (Å²) in [6, 6.07) is 0.332. The van der Waals surface area contributed by atoms with Crippen LogP contribution in [-0.4, -0.2) is 30.5 Å². The first kappa shape index (κ1) is 12.8. The van der Waals surface area contributed by atoms with Crippen LogP contribution in [-0.2, 0) is 4.74 Å². The van der Waals surface area contributed by atoms with Crippen molar-refractivity contribution in [3.8, 4) is 0 Å². The minimum absolute atomic E-state index is 0.332. The number of aromatic nitrogens is 2. The van der Waals surface area contributed by atoms with E-state index in [9.17, 15) is 0 Å². The van der Waals surface area contributed by atoms with Crippen LogP contribution in [0.25, 0.3) is 0 Å². The Balaban J connectivity index is 2.46. The third kappa shape index (κ3) is 3.13. The lowest BCUT2D eigenvalue weighted by Crippen LogP contribution is -2.11. The van der Waals surface area contributed by atoms with Gasteiger partial charge in [-0.05, 0) is 26.2 Å². The number of hydrogen-bond acceptors (Lipinski definition) is 4. The average molecular weight is 226 g/mol. The van der Waals surface area contributed by atoms with Gasteiger partial charge in [-0.1, -0.05) is 0 Å². The summed E-state index contributed by atoms with van der Waals surface area (Å²) in [6.07, 6.45) is 5.05. The molecule has 1 atom stereocenters. The van der Waals surface area contributed by atoms with Gasteiger partial charge in [0.25, 0.3) is 0 Å². The minimum Gasteiger partial charge on any atom is -0.385 e. The molecule has 0 aliphatic heterocycles. The van der Waals surface area contributed by atoms with Crippen LogP contribution in [0.5, 0.6) is 0 Å². The smallest absolute Gasteiger partial charge is 0.145 e. The largest absolute Gasteiger partial charge is 0.385 e. The molecule has 1 unspecified atom stereocenters. The molecule has 0 aliphatic carbocycles. The number of rotatable bonds is 7. The van der Waals surface area contributed by atoms with E-state index in [-0.39, 0.29) is 0 Å². The summed E-state index contributed by atoms with van der Waals surface area (Å²) < 4.78 is 6.89. The Morgan fingerprint density at radius 2 is 2.31 bits per heavy atom. The first-order valence-corrected chi connectivity index (χ1v) is 5.70. The highest BCUT2D eigenvalue weighted by Crippen LogP contribution is 2.23. The van der Waals surface area contributed by atoms with Crippen molar-refractivity contribution in [2.24, 2.45) is 0 Å². The summed E-state index contributed by atoms with van der Waals surface area (Å²) in [4.78, 5) is 0. The number of unbranched alkanes of at least 4 members (excludes halogenated alkanes) is 1. The number of anilines is 2. The lowest BCUT2D eigenvalue weighted by Gasteiger charge is -2.13. The van der Waals surface area contributed by atoms with E-state index in [1.165, 1.54) is 0 Å². The summed E-state index contributed by atoms with van der Waals surface area (Å²) in [5.74, 6) is 0.710. The van der Waals surface area contributed by atoms with Crippen molar-refractivity contribution < 1.29 is 4.74 Å². The van der Waals surface area contributed by atoms with Crippen LogP contribution in [0.4, 0.5) is 11.5 Å². The van der Waals surface area contributed by atoms with Gasteiger partial charge in [0.2, 0.25) is 0 Å². The van der Waals surface area contributed by atoms with E-state index in [0.717, 1.165) is 31.6 Å². The van der Waals surface area contributed by atoms with Gasteiger partial charge in [-0.15, -0.1) is 0 Å². The number of hydrogen-bond donors (Lipinski definition) is 2. The number of methoxy groups -OCH3 is 1. The average Bonchev–Trinajstić information content (AvgIpc) is 2.65. The predicted molar refractivity (Wildman–Crippen MR) is 66.6 cm³/mol. The van der Waals surface area contributed by atoms with E-state index in [1.54, 1.807) is 13.3 Å². The van der Waals surface area contributed by atoms with Crippen molar-refractivity contribution in [2.45, 2.75) is 32.2 Å². The zero-order valence-corrected chi connectivity index (χ0v) is 10.4. The van der Waals surface area contributed by atoms with Gasteiger partial charge >= 0.3 is 0 Å². The summed E-state index contributed by atoms with van der Waals surface area (Å²) in [7, 11) is 3.58. The Kier molecular flexibility index (Phi) is 5.11. The molecule has 0 bridgehead atoms.